The van der Waals surface area contributed by atoms with Crippen molar-refractivity contribution in [3.8, 4) is 11.5 Å². The van der Waals surface area contributed by atoms with E-state index in [-0.39, 0.29) is 6.04 Å². The Labute approximate surface area is 159 Å². The highest BCUT2D eigenvalue weighted by molar-refractivity contribution is 5.86. The summed E-state index contributed by atoms with van der Waals surface area (Å²) < 4.78 is 5.92. The minimum Gasteiger partial charge on any atom is -0.457 e. The van der Waals surface area contributed by atoms with Gasteiger partial charge in [0.25, 0.3) is 0 Å². The van der Waals surface area contributed by atoms with Gasteiger partial charge in [-0.25, -0.2) is 0 Å². The van der Waals surface area contributed by atoms with Crippen molar-refractivity contribution < 1.29 is 4.74 Å². The molecule has 134 valence electrons. The summed E-state index contributed by atoms with van der Waals surface area (Å²) in [6, 6.07) is 25.1. The number of fused-ring (bicyclic) bond motifs is 3. The molecular formula is C24H22N2O. The molecule has 0 aliphatic carbocycles. The third-order valence-corrected chi connectivity index (χ3v) is 5.30. The maximum Gasteiger partial charge on any atom is 0.127 e. The second-order valence-corrected chi connectivity index (χ2v) is 7.19. The van der Waals surface area contributed by atoms with Gasteiger partial charge in [-0.3, -0.25) is 0 Å². The largest absolute Gasteiger partial charge is 0.457 e. The van der Waals surface area contributed by atoms with E-state index >= 15 is 0 Å². The normalized spacial score (nSPS) is 16.3. The lowest BCUT2D eigenvalue weighted by Crippen LogP contribution is -2.30. The molecule has 0 fully saturated rings. The van der Waals surface area contributed by atoms with Gasteiger partial charge in [0.05, 0.1) is 6.04 Å². The number of H-pyrrole nitrogens is 1. The molecule has 1 aliphatic rings. The van der Waals surface area contributed by atoms with Gasteiger partial charge in [-0.15, -0.1) is 0 Å². The summed E-state index contributed by atoms with van der Waals surface area (Å²) in [5.41, 5.74) is 6.52. The fraction of sp³-hybridized carbons (Fsp3) is 0.167. The number of para-hydroxylation sites is 1. The van der Waals surface area contributed by atoms with Gasteiger partial charge in [-0.1, -0.05) is 42.0 Å². The monoisotopic (exact) mass is 354 g/mol. The fourth-order valence-electron chi connectivity index (χ4n) is 3.98. The van der Waals surface area contributed by atoms with Gasteiger partial charge in [0.15, 0.2) is 0 Å². The molecule has 0 amide bonds. The third kappa shape index (κ3) is 3.00. The molecule has 2 heterocycles. The first-order chi connectivity index (χ1) is 13.3. The molecule has 1 aliphatic heterocycles. The molecule has 27 heavy (non-hydrogen) atoms. The Balaban J connectivity index is 1.47. The molecule has 3 heteroatoms. The van der Waals surface area contributed by atoms with Crippen LogP contribution >= 0.6 is 0 Å². The van der Waals surface area contributed by atoms with Crippen LogP contribution in [0.1, 0.15) is 28.4 Å². The molecular weight excluding hydrogens is 332 g/mol. The topological polar surface area (TPSA) is 37.0 Å². The SMILES string of the molecule is Cc1ccc2[nH]c3c(c2c1)CCNC3c1ccc(Oc2ccccc2)cc1. The Kier molecular flexibility index (Phi) is 3.95. The standard InChI is InChI=1S/C24H22N2O/c1-16-7-12-22-21(15-16)20-13-14-25-23(24(20)26-22)17-8-10-19(11-9-17)27-18-5-3-2-4-6-18/h2-12,15,23,25-26H,13-14H2,1H3. The van der Waals surface area contributed by atoms with Crippen LogP contribution in [0.3, 0.4) is 0 Å². The maximum absolute atomic E-state index is 5.92. The predicted molar refractivity (Wildman–Crippen MR) is 110 cm³/mol. The summed E-state index contributed by atoms with van der Waals surface area (Å²) in [6.07, 6.45) is 1.06. The van der Waals surface area contributed by atoms with Crippen molar-refractivity contribution >= 4 is 10.9 Å². The number of aryl methyl sites for hydroxylation is 1. The zero-order valence-electron chi connectivity index (χ0n) is 15.3. The summed E-state index contributed by atoms with van der Waals surface area (Å²) in [5, 5.41) is 5.03. The Morgan fingerprint density at radius 3 is 2.48 bits per heavy atom. The van der Waals surface area contributed by atoms with Gasteiger partial charge < -0.3 is 15.0 Å². The molecule has 1 unspecified atom stereocenters. The van der Waals surface area contributed by atoms with E-state index in [1.807, 2.05) is 42.5 Å². The molecule has 3 aromatic carbocycles. The Bertz CT molecular complexity index is 1080. The van der Waals surface area contributed by atoms with Crippen molar-refractivity contribution in [2.24, 2.45) is 0 Å². The zero-order valence-corrected chi connectivity index (χ0v) is 15.3. The van der Waals surface area contributed by atoms with Crippen LogP contribution in [0.4, 0.5) is 0 Å². The molecule has 4 aromatic rings. The van der Waals surface area contributed by atoms with Crippen molar-refractivity contribution in [2.75, 3.05) is 6.54 Å². The van der Waals surface area contributed by atoms with Gasteiger partial charge in [0.2, 0.25) is 0 Å². The molecule has 0 radical (unpaired) electrons. The van der Waals surface area contributed by atoms with Crippen LogP contribution < -0.4 is 10.1 Å². The molecule has 0 bridgehead atoms. The lowest BCUT2D eigenvalue weighted by atomic mass is 9.94. The highest BCUT2D eigenvalue weighted by Crippen LogP contribution is 2.34. The van der Waals surface area contributed by atoms with Crippen LogP contribution in [-0.2, 0) is 6.42 Å². The minimum absolute atomic E-state index is 0.187. The van der Waals surface area contributed by atoms with Crippen molar-refractivity contribution in [1.82, 2.24) is 10.3 Å². The highest BCUT2D eigenvalue weighted by Gasteiger charge is 2.25. The quantitative estimate of drug-likeness (QED) is 0.509. The Morgan fingerprint density at radius 1 is 0.889 bits per heavy atom. The van der Waals surface area contributed by atoms with Gasteiger partial charge >= 0.3 is 0 Å². The molecule has 3 nitrogen and oxygen atoms in total. The van der Waals surface area contributed by atoms with E-state index in [0.29, 0.717) is 0 Å². The van der Waals surface area contributed by atoms with Crippen molar-refractivity contribution in [2.45, 2.75) is 19.4 Å². The van der Waals surface area contributed by atoms with Gasteiger partial charge in [-0.05, 0) is 60.9 Å². The van der Waals surface area contributed by atoms with Crippen LogP contribution in [0.5, 0.6) is 11.5 Å². The average molecular weight is 354 g/mol. The summed E-state index contributed by atoms with van der Waals surface area (Å²) >= 11 is 0. The number of ether oxygens (including phenoxy) is 1. The van der Waals surface area contributed by atoms with Gasteiger partial charge in [0, 0.05) is 23.1 Å². The third-order valence-electron chi connectivity index (χ3n) is 5.30. The molecule has 1 aromatic heterocycles. The molecule has 1 atom stereocenters. The number of aromatic nitrogens is 1. The van der Waals surface area contributed by atoms with Crippen LogP contribution in [0.25, 0.3) is 10.9 Å². The van der Waals surface area contributed by atoms with Crippen molar-refractivity contribution in [3.05, 3.63) is 95.2 Å². The molecule has 2 N–H and O–H groups in total. The maximum atomic E-state index is 5.92. The summed E-state index contributed by atoms with van der Waals surface area (Å²) in [5.74, 6) is 1.71. The first kappa shape index (κ1) is 16.2. The fourth-order valence-corrected chi connectivity index (χ4v) is 3.98. The number of aromatic amines is 1. The lowest BCUT2D eigenvalue weighted by molar-refractivity contribution is 0.481. The lowest BCUT2D eigenvalue weighted by Gasteiger charge is -2.25. The van der Waals surface area contributed by atoms with E-state index in [4.69, 9.17) is 4.74 Å². The number of hydrogen-bond donors (Lipinski definition) is 2. The number of nitrogens with one attached hydrogen (secondary N) is 2. The van der Waals surface area contributed by atoms with Crippen LogP contribution in [-0.4, -0.2) is 11.5 Å². The van der Waals surface area contributed by atoms with Gasteiger partial charge in [0.1, 0.15) is 11.5 Å². The second-order valence-electron chi connectivity index (χ2n) is 7.19. The predicted octanol–water partition coefficient (Wildman–Crippen LogP) is 5.50. The average Bonchev–Trinajstić information content (AvgIpc) is 3.07. The van der Waals surface area contributed by atoms with E-state index < -0.39 is 0 Å². The molecule has 0 saturated carbocycles. The molecule has 5 rings (SSSR count). The number of hydrogen-bond acceptors (Lipinski definition) is 2. The number of benzene rings is 3. The molecule has 0 saturated heterocycles. The van der Waals surface area contributed by atoms with Crippen molar-refractivity contribution in [1.29, 1.82) is 0 Å². The van der Waals surface area contributed by atoms with Crippen molar-refractivity contribution in [3.63, 3.8) is 0 Å². The van der Waals surface area contributed by atoms with Crippen LogP contribution in [0, 0.1) is 6.92 Å². The smallest absolute Gasteiger partial charge is 0.127 e. The first-order valence-corrected chi connectivity index (χ1v) is 9.45. The number of rotatable bonds is 3. The minimum atomic E-state index is 0.187. The second kappa shape index (κ2) is 6.60. The first-order valence-electron chi connectivity index (χ1n) is 9.45. The van der Waals surface area contributed by atoms with E-state index in [9.17, 15) is 0 Å². The van der Waals surface area contributed by atoms with E-state index in [1.54, 1.807) is 0 Å². The Morgan fingerprint density at radius 2 is 1.67 bits per heavy atom. The van der Waals surface area contributed by atoms with Gasteiger partial charge in [-0.2, -0.15) is 0 Å². The van der Waals surface area contributed by atoms with E-state index in [2.05, 4.69) is 47.6 Å². The Hall–Kier alpha value is -3.04. The molecule has 0 spiro atoms. The van der Waals surface area contributed by atoms with E-state index in [0.717, 1.165) is 24.5 Å². The summed E-state index contributed by atoms with van der Waals surface area (Å²) in [6.45, 7) is 3.14. The zero-order chi connectivity index (χ0) is 18.2. The summed E-state index contributed by atoms with van der Waals surface area (Å²) in [7, 11) is 0. The summed E-state index contributed by atoms with van der Waals surface area (Å²) in [4.78, 5) is 3.65. The highest BCUT2D eigenvalue weighted by atomic mass is 16.5. The van der Waals surface area contributed by atoms with E-state index in [1.165, 1.54) is 33.3 Å². The van der Waals surface area contributed by atoms with Crippen LogP contribution in [0.15, 0.2) is 72.8 Å². The van der Waals surface area contributed by atoms with Crippen LogP contribution in [0.2, 0.25) is 0 Å².